The van der Waals surface area contributed by atoms with Crippen molar-refractivity contribution in [2.24, 2.45) is 11.8 Å². The summed E-state index contributed by atoms with van der Waals surface area (Å²) in [6.45, 7) is 9.21. The summed E-state index contributed by atoms with van der Waals surface area (Å²) in [6.07, 6.45) is 4.37. The Bertz CT molecular complexity index is 490. The number of nitrogens with one attached hydrogen (secondary N) is 1. The monoisotopic (exact) mass is 323 g/mol. The van der Waals surface area contributed by atoms with Crippen molar-refractivity contribution in [1.29, 1.82) is 0 Å². The van der Waals surface area contributed by atoms with E-state index in [4.69, 9.17) is 0 Å². The number of amides is 1. The van der Waals surface area contributed by atoms with Gasteiger partial charge in [-0.2, -0.15) is 0 Å². The van der Waals surface area contributed by atoms with Gasteiger partial charge in [0.2, 0.25) is 0 Å². The number of thiazole rings is 1. The molecule has 2 rings (SSSR count). The van der Waals surface area contributed by atoms with Gasteiger partial charge in [-0.3, -0.25) is 4.79 Å². The minimum absolute atomic E-state index is 0.202. The van der Waals surface area contributed by atoms with Crippen LogP contribution >= 0.6 is 11.3 Å². The molecule has 1 N–H and O–H groups in total. The van der Waals surface area contributed by atoms with Gasteiger partial charge in [0, 0.05) is 13.1 Å². The summed E-state index contributed by atoms with van der Waals surface area (Å²) in [5.41, 5.74) is 1.000. The molecule has 0 bridgehead atoms. The predicted molar refractivity (Wildman–Crippen MR) is 92.6 cm³/mol. The Labute approximate surface area is 138 Å². The van der Waals surface area contributed by atoms with E-state index in [0.29, 0.717) is 5.92 Å². The van der Waals surface area contributed by atoms with E-state index in [2.05, 4.69) is 24.1 Å². The first-order chi connectivity index (χ1) is 10.5. The molecule has 0 spiro atoms. The molecule has 0 saturated carbocycles. The molecule has 1 aliphatic rings. The first-order valence-corrected chi connectivity index (χ1v) is 9.23. The van der Waals surface area contributed by atoms with Crippen molar-refractivity contribution in [2.45, 2.75) is 46.5 Å². The number of aryl methyl sites for hydroxylation is 1. The van der Waals surface area contributed by atoms with E-state index in [1.54, 1.807) is 11.3 Å². The summed E-state index contributed by atoms with van der Waals surface area (Å²) in [6, 6.07) is 0. The van der Waals surface area contributed by atoms with Crippen LogP contribution in [0, 0.1) is 18.8 Å². The van der Waals surface area contributed by atoms with Crippen LogP contribution in [0.3, 0.4) is 0 Å². The summed E-state index contributed by atoms with van der Waals surface area (Å²) in [4.78, 5) is 20.3. The number of aromatic nitrogens is 1. The molecule has 2 heterocycles. The Morgan fingerprint density at radius 2 is 2.09 bits per heavy atom. The molecule has 1 fully saturated rings. The summed E-state index contributed by atoms with van der Waals surface area (Å²) in [7, 11) is 2.00. The van der Waals surface area contributed by atoms with Gasteiger partial charge < -0.3 is 10.2 Å². The van der Waals surface area contributed by atoms with Crippen molar-refractivity contribution in [3.05, 3.63) is 15.6 Å². The standard InChI is InChI=1S/C17H29N3OS/c1-12(2)11-15-16(22-13(3)19-15)17(21)20-9-6-14(7-10-20)5-8-18-4/h12,14,18H,5-11H2,1-4H3. The molecule has 1 saturated heterocycles. The van der Waals surface area contributed by atoms with E-state index < -0.39 is 0 Å². The fourth-order valence-corrected chi connectivity index (χ4v) is 3.99. The molecule has 1 aliphatic heterocycles. The molecule has 1 aromatic rings. The van der Waals surface area contributed by atoms with Crippen molar-refractivity contribution in [1.82, 2.24) is 15.2 Å². The van der Waals surface area contributed by atoms with E-state index >= 15 is 0 Å². The minimum Gasteiger partial charge on any atom is -0.338 e. The van der Waals surface area contributed by atoms with Gasteiger partial charge >= 0.3 is 0 Å². The summed E-state index contributed by atoms with van der Waals surface area (Å²) < 4.78 is 0. The quantitative estimate of drug-likeness (QED) is 0.875. The van der Waals surface area contributed by atoms with Gasteiger partial charge in [0.25, 0.3) is 5.91 Å². The lowest BCUT2D eigenvalue weighted by Crippen LogP contribution is -2.39. The second kappa shape index (κ2) is 8.06. The maximum absolute atomic E-state index is 12.8. The second-order valence-electron chi connectivity index (χ2n) is 6.73. The molecule has 5 heteroatoms. The fraction of sp³-hybridized carbons (Fsp3) is 0.765. The zero-order valence-electron chi connectivity index (χ0n) is 14.3. The van der Waals surface area contributed by atoms with Gasteiger partial charge in [-0.25, -0.2) is 4.98 Å². The van der Waals surface area contributed by atoms with Crippen LogP contribution in [0.4, 0.5) is 0 Å². The van der Waals surface area contributed by atoms with Crippen LogP contribution in [0.15, 0.2) is 0 Å². The predicted octanol–water partition coefficient (Wildman–Crippen LogP) is 3.11. The van der Waals surface area contributed by atoms with Gasteiger partial charge in [-0.15, -0.1) is 11.3 Å². The Hall–Kier alpha value is -0.940. The highest BCUT2D eigenvalue weighted by molar-refractivity contribution is 7.13. The highest BCUT2D eigenvalue weighted by Gasteiger charge is 2.26. The van der Waals surface area contributed by atoms with E-state index in [9.17, 15) is 4.79 Å². The molecule has 0 atom stereocenters. The molecular formula is C17H29N3OS. The second-order valence-corrected chi connectivity index (χ2v) is 7.94. The number of likely N-dealkylation sites (tertiary alicyclic amines) is 1. The van der Waals surface area contributed by atoms with Crippen molar-refractivity contribution in [3.8, 4) is 0 Å². The zero-order chi connectivity index (χ0) is 16.1. The number of rotatable bonds is 6. The minimum atomic E-state index is 0.202. The van der Waals surface area contributed by atoms with Gasteiger partial charge in [0.1, 0.15) is 4.88 Å². The molecule has 22 heavy (non-hydrogen) atoms. The zero-order valence-corrected chi connectivity index (χ0v) is 15.1. The maximum Gasteiger partial charge on any atom is 0.265 e. The van der Waals surface area contributed by atoms with Gasteiger partial charge in [0.05, 0.1) is 10.7 Å². The first-order valence-electron chi connectivity index (χ1n) is 8.41. The van der Waals surface area contributed by atoms with Gasteiger partial charge in [-0.1, -0.05) is 13.8 Å². The molecule has 1 aromatic heterocycles. The average molecular weight is 324 g/mol. The fourth-order valence-electron chi connectivity index (χ4n) is 3.08. The smallest absolute Gasteiger partial charge is 0.265 e. The summed E-state index contributed by atoms with van der Waals surface area (Å²) in [5, 5.41) is 4.22. The molecule has 4 nitrogen and oxygen atoms in total. The highest BCUT2D eigenvalue weighted by Crippen LogP contribution is 2.26. The average Bonchev–Trinajstić information content (AvgIpc) is 2.84. The Morgan fingerprint density at radius 3 is 2.68 bits per heavy atom. The molecule has 1 amide bonds. The first kappa shape index (κ1) is 17.4. The Kier molecular flexibility index (Phi) is 6.38. The summed E-state index contributed by atoms with van der Waals surface area (Å²) >= 11 is 1.56. The Balaban J connectivity index is 1.98. The SMILES string of the molecule is CNCCC1CCN(C(=O)c2sc(C)nc2CC(C)C)CC1. The highest BCUT2D eigenvalue weighted by atomic mass is 32.1. The lowest BCUT2D eigenvalue weighted by Gasteiger charge is -2.32. The van der Waals surface area contributed by atoms with E-state index in [1.807, 2.05) is 18.9 Å². The van der Waals surface area contributed by atoms with Crippen LogP contribution in [-0.2, 0) is 6.42 Å². The summed E-state index contributed by atoms with van der Waals surface area (Å²) in [5.74, 6) is 1.49. The lowest BCUT2D eigenvalue weighted by molar-refractivity contribution is 0.0690. The lowest BCUT2D eigenvalue weighted by atomic mass is 9.93. The third-order valence-electron chi connectivity index (χ3n) is 4.30. The normalized spacial score (nSPS) is 16.5. The van der Waals surface area contributed by atoms with Crippen molar-refractivity contribution >= 4 is 17.2 Å². The molecule has 0 radical (unpaired) electrons. The molecule has 0 aromatic carbocycles. The van der Waals surface area contributed by atoms with Crippen LogP contribution in [0.2, 0.25) is 0 Å². The number of hydrogen-bond donors (Lipinski definition) is 1. The van der Waals surface area contributed by atoms with Gasteiger partial charge in [0.15, 0.2) is 0 Å². The van der Waals surface area contributed by atoms with Crippen LogP contribution < -0.4 is 5.32 Å². The number of nitrogens with zero attached hydrogens (tertiary/aromatic N) is 2. The number of hydrogen-bond acceptors (Lipinski definition) is 4. The third-order valence-corrected chi connectivity index (χ3v) is 5.31. The topological polar surface area (TPSA) is 45.2 Å². The van der Waals surface area contributed by atoms with Crippen LogP contribution in [0.1, 0.15) is 53.5 Å². The Morgan fingerprint density at radius 1 is 1.41 bits per heavy atom. The molecule has 124 valence electrons. The largest absolute Gasteiger partial charge is 0.338 e. The van der Waals surface area contributed by atoms with Crippen molar-refractivity contribution in [2.75, 3.05) is 26.7 Å². The number of piperidine rings is 1. The van der Waals surface area contributed by atoms with Gasteiger partial charge in [-0.05, 0) is 58.0 Å². The van der Waals surface area contributed by atoms with E-state index in [1.165, 1.54) is 6.42 Å². The molecule has 0 unspecified atom stereocenters. The van der Waals surface area contributed by atoms with E-state index in [0.717, 1.165) is 60.4 Å². The van der Waals surface area contributed by atoms with E-state index in [-0.39, 0.29) is 5.91 Å². The van der Waals surface area contributed by atoms with Crippen molar-refractivity contribution < 1.29 is 4.79 Å². The molecule has 0 aliphatic carbocycles. The number of carbonyl (C=O) groups is 1. The van der Waals surface area contributed by atoms with Crippen LogP contribution in [0.25, 0.3) is 0 Å². The van der Waals surface area contributed by atoms with Crippen LogP contribution in [0.5, 0.6) is 0 Å². The molecular weight excluding hydrogens is 294 g/mol. The maximum atomic E-state index is 12.8. The third kappa shape index (κ3) is 4.53. The van der Waals surface area contributed by atoms with Crippen LogP contribution in [-0.4, -0.2) is 42.5 Å². The van der Waals surface area contributed by atoms with Crippen molar-refractivity contribution in [3.63, 3.8) is 0 Å². The number of carbonyl (C=O) groups excluding carboxylic acids is 1.